The first-order valence-electron chi connectivity index (χ1n) is 9.72. The van der Waals surface area contributed by atoms with Crippen LogP contribution in [0.3, 0.4) is 0 Å². The van der Waals surface area contributed by atoms with E-state index < -0.39 is 21.9 Å². The van der Waals surface area contributed by atoms with Crippen LogP contribution in [0.2, 0.25) is 0 Å². The Morgan fingerprint density at radius 2 is 2.00 bits per heavy atom. The molecule has 1 fully saturated rings. The van der Waals surface area contributed by atoms with Crippen molar-refractivity contribution in [3.05, 3.63) is 46.3 Å². The molecule has 0 saturated carbocycles. The highest BCUT2D eigenvalue weighted by molar-refractivity contribution is 9.10. The van der Waals surface area contributed by atoms with Crippen LogP contribution in [-0.4, -0.2) is 43.2 Å². The van der Waals surface area contributed by atoms with Gasteiger partial charge in [0.25, 0.3) is 0 Å². The number of fused-ring (bicyclic) bond motifs is 1. The Hall–Kier alpha value is -2.13. The van der Waals surface area contributed by atoms with Gasteiger partial charge in [0.05, 0.1) is 35.0 Å². The summed E-state index contributed by atoms with van der Waals surface area (Å²) in [6.07, 6.45) is 2.64. The van der Waals surface area contributed by atoms with Crippen LogP contribution in [-0.2, 0) is 19.3 Å². The lowest BCUT2D eigenvalue weighted by Crippen LogP contribution is -2.14. The van der Waals surface area contributed by atoms with Crippen molar-refractivity contribution in [3.8, 4) is 0 Å². The molecular formula is C21H24BrNO6S. The summed E-state index contributed by atoms with van der Waals surface area (Å²) < 4.78 is 36.4. The van der Waals surface area contributed by atoms with E-state index in [0.29, 0.717) is 34.6 Å². The lowest BCUT2D eigenvalue weighted by molar-refractivity contribution is 0.0528. The Kier molecular flexibility index (Phi) is 6.71. The third-order valence-electron chi connectivity index (χ3n) is 5.07. The number of hydrogen-bond acceptors (Lipinski definition) is 6. The summed E-state index contributed by atoms with van der Waals surface area (Å²) in [5, 5.41) is 0.690. The van der Waals surface area contributed by atoms with Gasteiger partial charge >= 0.3 is 12.1 Å². The molecule has 2 aromatic rings. The highest BCUT2D eigenvalue weighted by Gasteiger charge is 2.28. The molecule has 1 aliphatic rings. The fourth-order valence-corrected chi connectivity index (χ4v) is 5.72. The molecule has 1 aromatic heterocycles. The summed E-state index contributed by atoms with van der Waals surface area (Å²) in [6.45, 7) is 7.06. The van der Waals surface area contributed by atoms with E-state index in [9.17, 15) is 18.0 Å². The van der Waals surface area contributed by atoms with Gasteiger partial charge in [0, 0.05) is 16.1 Å². The molecule has 0 radical (unpaired) electrons. The molecule has 9 heteroatoms. The topological polar surface area (TPSA) is 91.7 Å². The molecule has 0 spiro atoms. The third kappa shape index (κ3) is 4.78. The van der Waals surface area contributed by atoms with E-state index in [1.807, 2.05) is 6.07 Å². The highest BCUT2D eigenvalue weighted by Crippen LogP contribution is 2.38. The maximum atomic E-state index is 12.8. The Morgan fingerprint density at radius 3 is 2.67 bits per heavy atom. The summed E-state index contributed by atoms with van der Waals surface area (Å²) in [7, 11) is -3.07. The van der Waals surface area contributed by atoms with Crippen LogP contribution >= 0.6 is 15.9 Å². The van der Waals surface area contributed by atoms with Crippen LogP contribution < -0.4 is 0 Å². The van der Waals surface area contributed by atoms with E-state index in [1.165, 1.54) is 4.57 Å². The molecular weight excluding hydrogens is 474 g/mol. The second-order valence-electron chi connectivity index (χ2n) is 7.37. The Morgan fingerprint density at radius 1 is 1.27 bits per heavy atom. The van der Waals surface area contributed by atoms with Crippen LogP contribution in [0.25, 0.3) is 10.9 Å². The van der Waals surface area contributed by atoms with E-state index >= 15 is 0 Å². The SMILES string of the molecule is C=C(C)OC(=O)n1cc(C2CCCS(=O)(=O)CC2)c2cc(Br)cc(C(=O)OCC)c21. The predicted octanol–water partition coefficient (Wildman–Crippen LogP) is 4.78. The molecule has 1 atom stereocenters. The summed E-state index contributed by atoms with van der Waals surface area (Å²) >= 11 is 3.44. The van der Waals surface area contributed by atoms with Gasteiger partial charge in [-0.2, -0.15) is 0 Å². The lowest BCUT2D eigenvalue weighted by atomic mass is 9.91. The van der Waals surface area contributed by atoms with Crippen LogP contribution in [0.4, 0.5) is 4.79 Å². The molecule has 2 heterocycles. The van der Waals surface area contributed by atoms with Crippen molar-refractivity contribution in [1.29, 1.82) is 0 Å². The molecule has 0 N–H and O–H groups in total. The summed E-state index contributed by atoms with van der Waals surface area (Å²) in [5.74, 6) is -0.135. The molecule has 1 aromatic carbocycles. The molecule has 0 bridgehead atoms. The van der Waals surface area contributed by atoms with E-state index in [-0.39, 0.29) is 35.4 Å². The largest absolute Gasteiger partial charge is 0.462 e. The van der Waals surface area contributed by atoms with Crippen molar-refractivity contribution < 1.29 is 27.5 Å². The van der Waals surface area contributed by atoms with Crippen molar-refractivity contribution >= 4 is 48.7 Å². The Bertz CT molecular complexity index is 1120. The lowest BCUT2D eigenvalue weighted by Gasteiger charge is -2.13. The number of esters is 1. The van der Waals surface area contributed by atoms with Gasteiger partial charge in [-0.25, -0.2) is 18.0 Å². The molecule has 1 aliphatic heterocycles. The number of aromatic nitrogens is 1. The van der Waals surface area contributed by atoms with Crippen molar-refractivity contribution in [2.24, 2.45) is 0 Å². The number of carbonyl (C=O) groups is 2. The molecule has 30 heavy (non-hydrogen) atoms. The molecule has 162 valence electrons. The average Bonchev–Trinajstić information content (AvgIpc) is 2.92. The number of halogens is 1. The van der Waals surface area contributed by atoms with Gasteiger partial charge in [0.2, 0.25) is 0 Å². The first-order chi connectivity index (χ1) is 14.1. The monoisotopic (exact) mass is 497 g/mol. The molecule has 7 nitrogen and oxygen atoms in total. The second-order valence-corrected chi connectivity index (χ2v) is 10.6. The van der Waals surface area contributed by atoms with Crippen molar-refractivity contribution in [1.82, 2.24) is 4.57 Å². The van der Waals surface area contributed by atoms with Crippen LogP contribution in [0.15, 0.2) is 35.1 Å². The highest BCUT2D eigenvalue weighted by atomic mass is 79.9. The third-order valence-corrected chi connectivity index (χ3v) is 7.30. The summed E-state index contributed by atoms with van der Waals surface area (Å²) in [4.78, 5) is 25.4. The molecule has 0 amide bonds. The molecule has 1 unspecified atom stereocenters. The number of ether oxygens (including phenoxy) is 2. The van der Waals surface area contributed by atoms with E-state index in [4.69, 9.17) is 9.47 Å². The zero-order chi connectivity index (χ0) is 22.1. The van der Waals surface area contributed by atoms with Gasteiger partial charge in [0.15, 0.2) is 0 Å². The van der Waals surface area contributed by atoms with Crippen LogP contribution in [0.5, 0.6) is 0 Å². The normalized spacial score (nSPS) is 18.6. The van der Waals surface area contributed by atoms with Crippen LogP contribution in [0, 0.1) is 0 Å². The van der Waals surface area contributed by atoms with Gasteiger partial charge in [-0.15, -0.1) is 0 Å². The fraction of sp³-hybridized carbons (Fsp3) is 0.429. The van der Waals surface area contributed by atoms with Gasteiger partial charge in [-0.1, -0.05) is 22.5 Å². The summed E-state index contributed by atoms with van der Waals surface area (Å²) in [6, 6.07) is 3.43. The number of allylic oxidation sites excluding steroid dienone is 1. The minimum Gasteiger partial charge on any atom is -0.462 e. The molecule has 3 rings (SSSR count). The first-order valence-corrected chi connectivity index (χ1v) is 12.3. The number of carbonyl (C=O) groups excluding carboxylic acids is 2. The number of sulfone groups is 1. The maximum Gasteiger partial charge on any atom is 0.423 e. The van der Waals surface area contributed by atoms with Gasteiger partial charge in [-0.05, 0) is 56.7 Å². The van der Waals surface area contributed by atoms with Gasteiger partial charge < -0.3 is 9.47 Å². The van der Waals surface area contributed by atoms with E-state index in [1.54, 1.807) is 26.1 Å². The molecule has 1 saturated heterocycles. The Labute approximate surface area is 184 Å². The number of benzene rings is 1. The zero-order valence-electron chi connectivity index (χ0n) is 16.9. The number of hydrogen-bond donors (Lipinski definition) is 0. The number of nitrogens with zero attached hydrogens (tertiary/aromatic N) is 1. The summed E-state index contributed by atoms with van der Waals surface area (Å²) in [5.41, 5.74) is 1.42. The smallest absolute Gasteiger partial charge is 0.423 e. The van der Waals surface area contributed by atoms with Gasteiger partial charge in [0.1, 0.15) is 9.84 Å². The van der Waals surface area contributed by atoms with Crippen LogP contribution in [0.1, 0.15) is 54.9 Å². The average molecular weight is 498 g/mol. The van der Waals surface area contributed by atoms with Crippen molar-refractivity contribution in [3.63, 3.8) is 0 Å². The maximum absolute atomic E-state index is 12.8. The predicted molar refractivity (Wildman–Crippen MR) is 118 cm³/mol. The minimum atomic E-state index is -3.07. The van der Waals surface area contributed by atoms with E-state index in [0.717, 1.165) is 5.56 Å². The minimum absolute atomic E-state index is 0.0620. The second kappa shape index (κ2) is 8.93. The standard InChI is InChI=1S/C21H24BrNO6S/c1-4-28-20(24)17-11-15(22)10-16-18(14-6-5-8-30(26,27)9-7-14)12-23(19(16)17)21(25)29-13(2)3/h10-12,14H,2,4-9H2,1,3H3. The fourth-order valence-electron chi connectivity index (χ4n) is 3.81. The van der Waals surface area contributed by atoms with Crippen molar-refractivity contribution in [2.75, 3.05) is 18.1 Å². The number of rotatable bonds is 4. The first kappa shape index (κ1) is 22.6. The Balaban J connectivity index is 2.22. The van der Waals surface area contributed by atoms with Crippen molar-refractivity contribution in [2.45, 2.75) is 39.0 Å². The van der Waals surface area contributed by atoms with Gasteiger partial charge in [-0.3, -0.25) is 4.57 Å². The molecule has 0 aliphatic carbocycles. The van der Waals surface area contributed by atoms with E-state index in [2.05, 4.69) is 22.5 Å². The quantitative estimate of drug-likeness (QED) is 0.445. The zero-order valence-corrected chi connectivity index (χ0v) is 19.3.